The second-order valence-corrected chi connectivity index (χ2v) is 14.6. The predicted octanol–water partition coefficient (Wildman–Crippen LogP) is 8.16. The summed E-state index contributed by atoms with van der Waals surface area (Å²) in [5.41, 5.74) is -6.42. The number of hydrogen-bond donors (Lipinski definition) is 0. The Balaban J connectivity index is 6.96. The minimum absolute atomic E-state index is 4.36. The summed E-state index contributed by atoms with van der Waals surface area (Å²) in [7, 11) is 0. The quantitative estimate of drug-likeness (QED) is 0.136. The van der Waals surface area contributed by atoms with Gasteiger partial charge in [0.15, 0.2) is 0 Å². The molecule has 0 N–H and O–H groups in total. The van der Waals surface area contributed by atoms with Gasteiger partial charge in [-0.2, -0.15) is 74.6 Å². The molecule has 0 aliphatic carbocycles. The Morgan fingerprint density at radius 1 is 0.412 bits per heavy atom. The summed E-state index contributed by atoms with van der Waals surface area (Å²) in [6.45, 7) is 0. The van der Waals surface area contributed by atoms with Crippen molar-refractivity contribution >= 4 is 39.2 Å². The van der Waals surface area contributed by atoms with Crippen LogP contribution in [0.1, 0.15) is 0 Å². The third-order valence-electron chi connectivity index (χ3n) is 3.76. The molecule has 0 amide bonds. The Morgan fingerprint density at radius 3 is 0.882 bits per heavy atom. The van der Waals surface area contributed by atoms with Gasteiger partial charge in [-0.1, -0.05) is 0 Å². The van der Waals surface area contributed by atoms with Crippen molar-refractivity contribution in [3.63, 3.8) is 0 Å². The summed E-state index contributed by atoms with van der Waals surface area (Å²) in [6.07, 6.45) is -14.2. The molecule has 0 bridgehead atoms. The summed E-state index contributed by atoms with van der Waals surface area (Å²) in [6, 6.07) is -6.38. The van der Waals surface area contributed by atoms with Gasteiger partial charge in [0.1, 0.15) is 0 Å². The molecule has 0 spiro atoms. The fourth-order valence-corrected chi connectivity index (χ4v) is 3.04. The monoisotopic (exact) mass is 634 g/mol. The van der Waals surface area contributed by atoms with Gasteiger partial charge in [0.05, 0.1) is 0 Å². The number of halogens is 23. The molecule has 1 unspecified atom stereocenters. The van der Waals surface area contributed by atoms with Crippen LogP contribution in [0.25, 0.3) is 0 Å². The summed E-state index contributed by atoms with van der Waals surface area (Å²) >= 11 is 13.1. The van der Waals surface area contributed by atoms with Gasteiger partial charge in [0.2, 0.25) is 6.17 Å². The third kappa shape index (κ3) is 4.26. The molecule has 0 rings (SSSR count). The van der Waals surface area contributed by atoms with Gasteiger partial charge in [-0.3, -0.25) is 0 Å². The lowest BCUT2D eigenvalue weighted by atomic mass is 9.88. The van der Waals surface area contributed by atoms with E-state index in [9.17, 15) is 87.8 Å². The molecule has 0 aromatic carbocycles. The molecule has 0 heterocycles. The maximum atomic E-state index is 13.4. The molecule has 34 heavy (non-hydrogen) atoms. The second-order valence-electron chi connectivity index (χ2n) is 6.05. The van der Waals surface area contributed by atoms with Crippen LogP contribution in [0.2, 0.25) is 0 Å². The van der Waals surface area contributed by atoms with E-state index < -0.39 is 65.4 Å². The van der Waals surface area contributed by atoms with Crippen molar-refractivity contribution in [2.45, 2.75) is 59.4 Å². The highest BCUT2D eigenvalue weighted by Crippen LogP contribution is 2.65. The van der Waals surface area contributed by atoms with E-state index in [4.69, 9.17) is 0 Å². The van der Waals surface area contributed by atoms with E-state index in [2.05, 4.69) is 33.2 Å². The molecule has 0 fully saturated rings. The Morgan fingerprint density at radius 2 is 0.647 bits per heavy atom. The lowest BCUT2D eigenvalue weighted by Crippen LogP contribution is -2.76. The fourth-order valence-electron chi connectivity index (χ4n) is 1.71. The maximum absolute atomic E-state index is 13.4. The second kappa shape index (κ2) is 8.35. The molecule has 0 aliphatic rings. The van der Waals surface area contributed by atoms with E-state index in [0.29, 0.717) is 0 Å². The molecule has 1 atom stereocenters. The van der Waals surface area contributed by atoms with Gasteiger partial charge in [0, 0.05) is 0 Å². The fraction of sp³-hybridized carbons (Fsp3) is 1.00. The van der Waals surface area contributed by atoms with Gasteiger partial charge in [0.25, 0.3) is 0 Å². The first-order valence-corrected chi connectivity index (χ1v) is 12.0. The minimum atomic E-state index is -9.04. The number of rotatable bonds is 9. The van der Waals surface area contributed by atoms with Crippen LogP contribution in [0, 0.1) is 0 Å². The summed E-state index contributed by atoms with van der Waals surface area (Å²) in [5.74, 6) is -60.9. The van der Waals surface area contributed by atoms with Gasteiger partial charge in [-0.25, -0.2) is 13.2 Å². The van der Waals surface area contributed by atoms with Crippen molar-refractivity contribution in [3.05, 3.63) is 0 Å². The van der Waals surface area contributed by atoms with Gasteiger partial charge in [-0.05, 0) is 0 Å². The van der Waals surface area contributed by atoms with E-state index in [1.807, 2.05) is 0 Å². The van der Waals surface area contributed by atoms with Crippen molar-refractivity contribution in [2.24, 2.45) is 0 Å². The number of alkyl halides is 20. The zero-order valence-electron chi connectivity index (χ0n) is 14.3. The van der Waals surface area contributed by atoms with E-state index in [0.717, 1.165) is 0 Å². The van der Waals surface area contributed by atoms with Crippen LogP contribution in [-0.4, -0.2) is 65.4 Å². The first kappa shape index (κ1) is 33.7. The first-order valence-electron chi connectivity index (χ1n) is 6.95. The van der Waals surface area contributed by atoms with Gasteiger partial charge < -0.3 is 0 Å². The van der Waals surface area contributed by atoms with Crippen molar-refractivity contribution < 1.29 is 87.8 Å². The molecule has 206 valence electrons. The highest BCUT2D eigenvalue weighted by Gasteiger charge is 2.96. The highest BCUT2D eigenvalue weighted by molar-refractivity contribution is 7.65. The Bertz CT molecular complexity index is 751. The van der Waals surface area contributed by atoms with Crippen molar-refractivity contribution in [1.82, 2.24) is 0 Å². The Kier molecular flexibility index (Phi) is 8.27. The molecule has 0 nitrogen and oxygen atoms in total. The molecular weight excluding hydrogens is 635 g/mol. The Labute approximate surface area is 187 Å². The lowest BCUT2D eigenvalue weighted by Gasteiger charge is -2.43. The molecule has 0 aliphatic heterocycles. The van der Waals surface area contributed by atoms with Crippen LogP contribution < -0.4 is 0 Å². The Hall–Kier alpha value is -0.313. The zero-order chi connectivity index (χ0) is 28.6. The average Bonchev–Trinajstić information content (AvgIpc) is 2.57. The minimum Gasteiger partial charge on any atom is -0.234 e. The van der Waals surface area contributed by atoms with Gasteiger partial charge >= 0.3 is 59.2 Å². The van der Waals surface area contributed by atoms with E-state index in [1.54, 1.807) is 0 Å². The summed E-state index contributed by atoms with van der Waals surface area (Å²) in [5, 5.41) is 0. The molecule has 0 saturated carbocycles. The van der Waals surface area contributed by atoms with E-state index in [1.165, 1.54) is 0 Å². The largest absolute Gasteiger partial charge is 0.460 e. The topological polar surface area (TPSA) is 0 Å². The van der Waals surface area contributed by atoms with E-state index in [-0.39, 0.29) is 0 Å². The molecule has 24 heteroatoms. The normalized spacial score (nSPS) is 17.7. The van der Waals surface area contributed by atoms with E-state index >= 15 is 0 Å². The summed E-state index contributed by atoms with van der Waals surface area (Å²) in [4.78, 5) is 0. The van der Waals surface area contributed by atoms with Crippen LogP contribution in [-0.2, 0) is 0 Å². The highest BCUT2D eigenvalue weighted by atomic mass is 35.8. The maximum Gasteiger partial charge on any atom is 0.460 e. The predicted molar refractivity (Wildman–Crippen MR) is 73.8 cm³/mol. The summed E-state index contributed by atoms with van der Waals surface area (Å²) < 4.78 is 260. The molecule has 0 radical (unpaired) electrons. The standard InChI is InChI=1S/C10HCl3F20Si/c11-34(12,13)3(17,18)1(14)2(15,16)4(19,20)5(21,22)6(23,24)7(25,26)8(27,28)9(29,30)10(31,32)33/h1H. The van der Waals surface area contributed by atoms with Crippen LogP contribution >= 0.6 is 33.2 Å². The SMILES string of the molecule is FC(C(F)(F)C(F)(F)C(F)(F)C(F)(F)C(F)(F)C(F)(F)C(F)(F)C(F)(F)F)C(F)(F)[Si](Cl)(Cl)Cl. The van der Waals surface area contributed by atoms with Crippen LogP contribution in [0.15, 0.2) is 0 Å². The van der Waals surface area contributed by atoms with Crippen molar-refractivity contribution in [2.75, 3.05) is 0 Å². The van der Waals surface area contributed by atoms with Crippen molar-refractivity contribution in [3.8, 4) is 0 Å². The van der Waals surface area contributed by atoms with Crippen LogP contribution in [0.4, 0.5) is 87.8 Å². The molecule has 0 aromatic heterocycles. The van der Waals surface area contributed by atoms with Crippen molar-refractivity contribution in [1.29, 1.82) is 0 Å². The smallest absolute Gasteiger partial charge is 0.234 e. The third-order valence-corrected chi connectivity index (χ3v) is 7.04. The first-order chi connectivity index (χ1) is 14.2. The van der Waals surface area contributed by atoms with Crippen LogP contribution in [0.3, 0.4) is 0 Å². The van der Waals surface area contributed by atoms with Gasteiger partial charge in [-0.15, -0.1) is 33.2 Å². The molecular formula is C10HCl3F20Si. The van der Waals surface area contributed by atoms with Crippen LogP contribution in [0.5, 0.6) is 0 Å². The molecule has 0 aromatic rings. The zero-order valence-corrected chi connectivity index (χ0v) is 17.5. The average molecular weight is 636 g/mol. The lowest BCUT2D eigenvalue weighted by molar-refractivity contribution is -0.464. The molecule has 0 saturated heterocycles. The number of hydrogen-bond acceptors (Lipinski definition) is 0.